The van der Waals surface area contributed by atoms with Gasteiger partial charge in [-0.05, 0) is 213 Å². The molecule has 536 valence electrons. The molecule has 0 atom stereocenters. The van der Waals surface area contributed by atoms with E-state index < -0.39 is 34.2 Å². The van der Waals surface area contributed by atoms with Crippen molar-refractivity contribution in [3.05, 3.63) is 340 Å². The predicted octanol–water partition coefficient (Wildman–Crippen LogP) is 26.5. The Balaban J connectivity index is 0.758. The molecule has 0 radical (unpaired) electrons. The number of nitrogens with zero attached hydrogens (tertiary/aromatic N) is 4. The summed E-state index contributed by atoms with van der Waals surface area (Å²) in [4.78, 5) is 10.2. The fourth-order valence-electron chi connectivity index (χ4n) is 17.6. The molecule has 0 amide bonds. The van der Waals surface area contributed by atoms with Gasteiger partial charge in [-0.2, -0.15) is 0 Å². The van der Waals surface area contributed by atoms with E-state index in [1.165, 1.54) is 109 Å². The molecular formula is C96H92N4O4Si4. The van der Waals surface area contributed by atoms with Gasteiger partial charge in [0, 0.05) is 93.2 Å². The van der Waals surface area contributed by atoms with Crippen LogP contribution in [-0.4, -0.2) is 60.4 Å². The number of para-hydroxylation sites is 4. The summed E-state index contributed by atoms with van der Waals surface area (Å²) in [7, 11) is -13.3. The second-order valence-corrected chi connectivity index (χ2v) is 44.3. The molecule has 8 nitrogen and oxygen atoms in total. The van der Waals surface area contributed by atoms with Crippen molar-refractivity contribution >= 4 is 166 Å². The van der Waals surface area contributed by atoms with E-state index in [9.17, 15) is 0 Å². The molecule has 1 aliphatic heterocycles. The van der Waals surface area contributed by atoms with Gasteiger partial charge in [0.2, 0.25) is 0 Å². The molecule has 1 fully saturated rings. The zero-order valence-electron chi connectivity index (χ0n) is 62.2. The molecule has 17 rings (SSSR count). The average Bonchev–Trinajstić information content (AvgIpc) is 0.784. The lowest BCUT2D eigenvalue weighted by Crippen LogP contribution is -2.67. The number of rotatable bonds is 24. The summed E-state index contributed by atoms with van der Waals surface area (Å²) in [5.41, 5.74) is 9.38. The molecule has 0 saturated carbocycles. The quantitative estimate of drug-likeness (QED) is 0.0438. The van der Waals surface area contributed by atoms with E-state index in [2.05, 4.69) is 386 Å². The minimum Gasteiger partial charge on any atom is -0.416 e. The van der Waals surface area contributed by atoms with E-state index in [4.69, 9.17) is 16.5 Å². The Morgan fingerprint density at radius 2 is 0.361 bits per heavy atom. The second kappa shape index (κ2) is 30.6. The standard InChI is InChI=1S/C96H92N4O4Si4/c1-105(65-33-61-97(77-41-9-5-10-42-77)93-69-73-37-17-21-49-81(73)85-53-25-29-57-89(85)93)101-106(2,66-34-62-98(78-43-11-6-12-44-78)94-70-74-38-18-22-50-82(74)86-54-26-30-58-90(86)94)103-108(4,68-36-64-100(80-47-15-8-16-48-80)96-72-76-40-20-24-52-84(76)88-56-28-32-60-92(88)96)104-107(3,102-105)67-35-63-99(79-45-13-7-14-46-79)95-71-75-39-19-23-51-83(75)87-55-27-31-59-91(87)95/h5-32,37-60,69-72H,33-36,61-68H2,1-4H3. The fraction of sp³-hybridized carbons (Fsp3) is 0.167. The van der Waals surface area contributed by atoms with Crippen LogP contribution in [0.3, 0.4) is 0 Å². The van der Waals surface area contributed by atoms with Crippen LogP contribution >= 0.6 is 0 Å². The topological polar surface area (TPSA) is 49.9 Å². The van der Waals surface area contributed by atoms with Crippen molar-refractivity contribution in [1.29, 1.82) is 0 Å². The summed E-state index contributed by atoms with van der Waals surface area (Å²) in [6, 6.07) is 127. The molecule has 0 aliphatic carbocycles. The van der Waals surface area contributed by atoms with Crippen molar-refractivity contribution in [3.63, 3.8) is 0 Å². The Morgan fingerprint density at radius 3 is 0.565 bits per heavy atom. The first-order valence-corrected chi connectivity index (χ1v) is 48.8. The van der Waals surface area contributed by atoms with Crippen LogP contribution in [0.1, 0.15) is 25.7 Å². The Bertz CT molecular complexity index is 5150. The number of fused-ring (bicyclic) bond motifs is 12. The van der Waals surface area contributed by atoms with Crippen molar-refractivity contribution in [2.45, 2.75) is 76.0 Å². The summed E-state index contributed by atoms with van der Waals surface area (Å²) in [6.07, 6.45) is 3.26. The third-order valence-electron chi connectivity index (χ3n) is 22.2. The molecule has 0 aromatic heterocycles. The first kappa shape index (κ1) is 70.5. The van der Waals surface area contributed by atoms with E-state index in [1.807, 2.05) is 0 Å². The zero-order valence-corrected chi connectivity index (χ0v) is 66.2. The summed E-state index contributed by atoms with van der Waals surface area (Å²) >= 11 is 0. The lowest BCUT2D eigenvalue weighted by Gasteiger charge is -2.51. The molecule has 1 heterocycles. The molecule has 0 spiro atoms. The van der Waals surface area contributed by atoms with Gasteiger partial charge in [0.15, 0.2) is 0 Å². The van der Waals surface area contributed by atoms with Crippen molar-refractivity contribution in [3.8, 4) is 0 Å². The molecular weight excluding hydrogens is 1390 g/mol. The lowest BCUT2D eigenvalue weighted by molar-refractivity contribution is 0.221. The van der Waals surface area contributed by atoms with E-state index in [-0.39, 0.29) is 0 Å². The maximum Gasteiger partial charge on any atom is 0.317 e. The number of hydrogen-bond donors (Lipinski definition) is 0. The molecule has 1 aliphatic rings. The van der Waals surface area contributed by atoms with Crippen LogP contribution in [0.5, 0.6) is 0 Å². The van der Waals surface area contributed by atoms with E-state index in [1.54, 1.807) is 0 Å². The highest BCUT2D eigenvalue weighted by Crippen LogP contribution is 2.46. The Kier molecular flexibility index (Phi) is 20.0. The summed E-state index contributed by atoms with van der Waals surface area (Å²) < 4.78 is 33.5. The lowest BCUT2D eigenvalue weighted by atomic mass is 9.99. The maximum absolute atomic E-state index is 8.37. The van der Waals surface area contributed by atoms with Gasteiger partial charge in [-0.15, -0.1) is 0 Å². The van der Waals surface area contributed by atoms with E-state index in [0.717, 1.165) is 98.8 Å². The first-order valence-electron chi connectivity index (χ1n) is 38.7. The summed E-state index contributed by atoms with van der Waals surface area (Å²) in [6.45, 7) is 12.5. The van der Waals surface area contributed by atoms with Crippen LogP contribution in [0.15, 0.2) is 340 Å². The maximum atomic E-state index is 8.37. The third kappa shape index (κ3) is 14.6. The van der Waals surface area contributed by atoms with Gasteiger partial charge >= 0.3 is 34.2 Å². The Morgan fingerprint density at radius 1 is 0.194 bits per heavy atom. The number of benzene rings is 16. The van der Waals surface area contributed by atoms with Crippen LogP contribution in [0, 0.1) is 0 Å². The fourth-order valence-corrected chi connectivity index (χ4v) is 40.8. The van der Waals surface area contributed by atoms with Crippen molar-refractivity contribution < 1.29 is 16.5 Å². The van der Waals surface area contributed by atoms with Crippen molar-refractivity contribution in [2.24, 2.45) is 0 Å². The Labute approximate surface area is 639 Å². The highest BCUT2D eigenvalue weighted by Gasteiger charge is 2.56. The monoisotopic (exact) mass is 1480 g/mol. The predicted molar refractivity (Wildman–Crippen MR) is 468 cm³/mol. The minimum atomic E-state index is -3.31. The van der Waals surface area contributed by atoms with Gasteiger partial charge in [-0.3, -0.25) is 0 Å². The average molecular weight is 1480 g/mol. The van der Waals surface area contributed by atoms with Crippen molar-refractivity contribution in [1.82, 2.24) is 0 Å². The molecule has 12 heteroatoms. The van der Waals surface area contributed by atoms with Gasteiger partial charge < -0.3 is 36.1 Å². The van der Waals surface area contributed by atoms with E-state index in [0.29, 0.717) is 0 Å². The number of anilines is 8. The normalized spacial score (nSPS) is 18.3. The SMILES string of the molecule is C[Si]1(CCCN(c2ccccc2)c2cc3ccccc3c3ccccc23)O[Si](C)(CCCN(c2ccccc2)c2cc3ccccc3c3ccccc23)O[Si](C)(CCCN(c2ccccc2)c2cc3ccccc3c3ccccc23)O[Si](C)(CCCN(c2ccccc2)c2cc3ccccc3c3ccccc23)O1. The van der Waals surface area contributed by atoms with E-state index >= 15 is 0 Å². The van der Waals surface area contributed by atoms with Gasteiger partial charge in [0.1, 0.15) is 0 Å². The molecule has 16 aromatic carbocycles. The molecule has 108 heavy (non-hydrogen) atoms. The Hall–Kier alpha value is -10.5. The van der Waals surface area contributed by atoms with Crippen LogP contribution in [-0.2, 0) is 16.5 Å². The van der Waals surface area contributed by atoms with Crippen LogP contribution in [0.2, 0.25) is 50.4 Å². The molecule has 1 saturated heterocycles. The van der Waals surface area contributed by atoms with Gasteiger partial charge in [0.05, 0.1) is 0 Å². The van der Waals surface area contributed by atoms with Gasteiger partial charge in [-0.25, -0.2) is 0 Å². The van der Waals surface area contributed by atoms with Gasteiger partial charge in [-0.1, -0.05) is 267 Å². The zero-order chi connectivity index (χ0) is 73.1. The minimum absolute atomic E-state index is 0.738. The van der Waals surface area contributed by atoms with Crippen molar-refractivity contribution in [2.75, 3.05) is 45.8 Å². The summed E-state index contributed by atoms with van der Waals surface area (Å²) in [5, 5.41) is 19.8. The van der Waals surface area contributed by atoms with Crippen LogP contribution in [0.25, 0.3) is 86.2 Å². The molecule has 0 unspecified atom stereocenters. The van der Waals surface area contributed by atoms with Crippen LogP contribution in [0.4, 0.5) is 45.5 Å². The molecule has 16 aromatic rings. The molecule has 0 bridgehead atoms. The smallest absolute Gasteiger partial charge is 0.317 e. The first-order chi connectivity index (χ1) is 52.9. The van der Waals surface area contributed by atoms with Crippen LogP contribution < -0.4 is 19.6 Å². The second-order valence-electron chi connectivity index (χ2n) is 30.0. The molecule has 0 N–H and O–H groups in total. The highest BCUT2D eigenvalue weighted by atomic mass is 28.5. The van der Waals surface area contributed by atoms with Gasteiger partial charge in [0.25, 0.3) is 0 Å². The third-order valence-corrected chi connectivity index (χ3v) is 41.1. The largest absolute Gasteiger partial charge is 0.416 e. The highest BCUT2D eigenvalue weighted by molar-refractivity contribution is 6.94. The summed E-state index contributed by atoms with van der Waals surface area (Å²) in [5.74, 6) is 0. The number of hydrogen-bond acceptors (Lipinski definition) is 8.